The van der Waals surface area contributed by atoms with Crippen molar-refractivity contribution in [2.24, 2.45) is 0 Å². The van der Waals surface area contributed by atoms with E-state index in [0.717, 1.165) is 6.26 Å². The van der Waals surface area contributed by atoms with Crippen LogP contribution in [0.25, 0.3) is 0 Å². The van der Waals surface area contributed by atoms with Crippen LogP contribution >= 0.6 is 11.6 Å². The Labute approximate surface area is 184 Å². The van der Waals surface area contributed by atoms with Crippen molar-refractivity contribution >= 4 is 38.9 Å². The maximum atomic E-state index is 13.2. The lowest BCUT2D eigenvalue weighted by atomic mass is 10.1. The predicted octanol–water partition coefficient (Wildman–Crippen LogP) is 3.46. The Morgan fingerprint density at radius 3 is 2.20 bits per heavy atom. The van der Waals surface area contributed by atoms with Crippen LogP contribution in [0.1, 0.15) is 18.1 Å². The molecule has 0 aliphatic carbocycles. The summed E-state index contributed by atoms with van der Waals surface area (Å²) in [4.78, 5) is 17.2. The Hall–Kier alpha value is -2.25. The summed E-state index contributed by atoms with van der Waals surface area (Å²) >= 11 is 5.93. The van der Waals surface area contributed by atoms with E-state index in [1.807, 2.05) is 6.07 Å². The van der Waals surface area contributed by atoms with Gasteiger partial charge in [-0.2, -0.15) is 0 Å². The van der Waals surface area contributed by atoms with Crippen molar-refractivity contribution in [2.75, 3.05) is 41.6 Å². The van der Waals surface area contributed by atoms with Gasteiger partial charge in [-0.15, -0.1) is 0 Å². The van der Waals surface area contributed by atoms with E-state index < -0.39 is 16.1 Å². The van der Waals surface area contributed by atoms with Gasteiger partial charge in [-0.1, -0.05) is 23.7 Å². The molecule has 0 unspecified atom stereocenters. The SMILES string of the molecule is Cc1cccc(N2CCN(C(=O)[C@@H](C)N(c3ccc(Cl)cc3)S(C)(=O)=O)CC2)c1C. The number of carbonyl (C=O) groups excluding carboxylic acids is 1. The molecule has 1 aliphatic heterocycles. The molecule has 0 aromatic heterocycles. The first kappa shape index (κ1) is 22.4. The van der Waals surface area contributed by atoms with Crippen molar-refractivity contribution in [1.29, 1.82) is 0 Å². The van der Waals surface area contributed by atoms with Crippen LogP contribution in [0.15, 0.2) is 42.5 Å². The number of carbonyl (C=O) groups is 1. The summed E-state index contributed by atoms with van der Waals surface area (Å²) in [5, 5.41) is 0.508. The monoisotopic (exact) mass is 449 g/mol. The second kappa shape index (κ2) is 8.86. The number of rotatable bonds is 5. The molecule has 162 valence electrons. The zero-order chi connectivity index (χ0) is 22.1. The largest absolute Gasteiger partial charge is 0.368 e. The van der Waals surface area contributed by atoms with Crippen molar-refractivity contribution in [3.05, 3.63) is 58.6 Å². The topological polar surface area (TPSA) is 60.9 Å². The molecular weight excluding hydrogens is 422 g/mol. The molecule has 1 saturated heterocycles. The summed E-state index contributed by atoms with van der Waals surface area (Å²) in [6.45, 7) is 8.36. The van der Waals surface area contributed by atoms with Gasteiger partial charge in [-0.3, -0.25) is 9.10 Å². The van der Waals surface area contributed by atoms with Gasteiger partial charge in [0.25, 0.3) is 0 Å². The quantitative estimate of drug-likeness (QED) is 0.701. The fraction of sp³-hybridized carbons (Fsp3) is 0.409. The first-order valence-electron chi connectivity index (χ1n) is 9.94. The first-order chi connectivity index (χ1) is 14.1. The smallest absolute Gasteiger partial charge is 0.246 e. The number of anilines is 2. The summed E-state index contributed by atoms with van der Waals surface area (Å²) in [6, 6.07) is 11.9. The molecular formula is C22H28ClN3O3S. The molecule has 0 N–H and O–H groups in total. The molecule has 2 aromatic carbocycles. The fourth-order valence-corrected chi connectivity index (χ4v) is 5.20. The van der Waals surface area contributed by atoms with E-state index >= 15 is 0 Å². The number of aryl methyl sites for hydroxylation is 1. The van der Waals surface area contributed by atoms with Gasteiger partial charge in [0.2, 0.25) is 15.9 Å². The molecule has 1 aliphatic rings. The highest BCUT2D eigenvalue weighted by Gasteiger charge is 2.33. The zero-order valence-electron chi connectivity index (χ0n) is 17.8. The van der Waals surface area contributed by atoms with E-state index in [0.29, 0.717) is 36.9 Å². The van der Waals surface area contributed by atoms with Crippen molar-refractivity contribution < 1.29 is 13.2 Å². The second-order valence-corrected chi connectivity index (χ2v) is 10.0. The van der Waals surface area contributed by atoms with Gasteiger partial charge in [0, 0.05) is 36.9 Å². The van der Waals surface area contributed by atoms with Gasteiger partial charge in [0.15, 0.2) is 0 Å². The molecule has 1 fully saturated rings. The number of benzene rings is 2. The number of halogens is 1. The number of sulfonamides is 1. The van der Waals surface area contributed by atoms with E-state index in [9.17, 15) is 13.2 Å². The predicted molar refractivity (Wildman–Crippen MR) is 123 cm³/mol. The van der Waals surface area contributed by atoms with Crippen LogP contribution in [-0.4, -0.2) is 57.7 Å². The van der Waals surface area contributed by atoms with Crippen molar-refractivity contribution in [2.45, 2.75) is 26.8 Å². The molecule has 1 amide bonds. The first-order valence-corrected chi connectivity index (χ1v) is 12.2. The minimum Gasteiger partial charge on any atom is -0.368 e. The van der Waals surface area contributed by atoms with Crippen LogP contribution in [-0.2, 0) is 14.8 Å². The third-order valence-electron chi connectivity index (χ3n) is 5.66. The van der Waals surface area contributed by atoms with E-state index in [1.54, 1.807) is 36.1 Å². The summed E-state index contributed by atoms with van der Waals surface area (Å²) in [5.41, 5.74) is 4.11. The highest BCUT2D eigenvalue weighted by atomic mass is 35.5. The number of piperazine rings is 1. The Bertz CT molecular complexity index is 1020. The summed E-state index contributed by atoms with van der Waals surface area (Å²) < 4.78 is 26.1. The van der Waals surface area contributed by atoms with Crippen LogP contribution in [0.4, 0.5) is 11.4 Å². The lowest BCUT2D eigenvalue weighted by molar-refractivity contribution is -0.132. The number of hydrogen-bond acceptors (Lipinski definition) is 4. The lowest BCUT2D eigenvalue weighted by Gasteiger charge is -2.39. The van der Waals surface area contributed by atoms with E-state index in [1.165, 1.54) is 21.1 Å². The molecule has 2 aromatic rings. The zero-order valence-corrected chi connectivity index (χ0v) is 19.4. The summed E-state index contributed by atoms with van der Waals surface area (Å²) in [5.74, 6) is -0.198. The number of nitrogens with zero attached hydrogens (tertiary/aromatic N) is 3. The second-order valence-electron chi connectivity index (χ2n) is 7.74. The fourth-order valence-electron chi connectivity index (χ4n) is 3.90. The van der Waals surface area contributed by atoms with E-state index in [4.69, 9.17) is 11.6 Å². The van der Waals surface area contributed by atoms with Crippen molar-refractivity contribution in [1.82, 2.24) is 4.90 Å². The minimum absolute atomic E-state index is 0.198. The van der Waals surface area contributed by atoms with Gasteiger partial charge in [0.1, 0.15) is 6.04 Å². The Balaban J connectivity index is 1.74. The third kappa shape index (κ3) is 4.73. The maximum Gasteiger partial charge on any atom is 0.246 e. The molecule has 30 heavy (non-hydrogen) atoms. The van der Waals surface area contributed by atoms with Gasteiger partial charge in [-0.25, -0.2) is 8.42 Å². The minimum atomic E-state index is -3.65. The maximum absolute atomic E-state index is 13.2. The van der Waals surface area contributed by atoms with Gasteiger partial charge < -0.3 is 9.80 Å². The van der Waals surface area contributed by atoms with E-state index in [2.05, 4.69) is 30.9 Å². The molecule has 0 saturated carbocycles. The highest BCUT2D eigenvalue weighted by molar-refractivity contribution is 7.92. The number of amides is 1. The van der Waals surface area contributed by atoms with Crippen molar-refractivity contribution in [3.63, 3.8) is 0 Å². The van der Waals surface area contributed by atoms with Crippen LogP contribution in [0.5, 0.6) is 0 Å². The molecule has 1 atom stereocenters. The molecule has 0 bridgehead atoms. The number of hydrogen-bond donors (Lipinski definition) is 0. The average Bonchev–Trinajstić information content (AvgIpc) is 2.70. The lowest BCUT2D eigenvalue weighted by Crippen LogP contribution is -2.55. The third-order valence-corrected chi connectivity index (χ3v) is 7.15. The molecule has 1 heterocycles. The standard InChI is InChI=1S/C22H28ClN3O3S/c1-16-6-5-7-21(17(16)2)24-12-14-25(15-13-24)22(27)18(3)26(30(4,28)29)20-10-8-19(23)9-11-20/h5-11,18H,12-15H2,1-4H3/t18-/m1/s1. The summed E-state index contributed by atoms with van der Waals surface area (Å²) in [6.07, 6.45) is 1.11. The Morgan fingerprint density at radius 1 is 1.03 bits per heavy atom. The Kier molecular flexibility index (Phi) is 6.62. The molecule has 6 nitrogen and oxygen atoms in total. The van der Waals surface area contributed by atoms with Gasteiger partial charge in [-0.05, 0) is 62.2 Å². The van der Waals surface area contributed by atoms with Gasteiger partial charge in [0.05, 0.1) is 11.9 Å². The molecule has 8 heteroatoms. The molecule has 0 radical (unpaired) electrons. The highest BCUT2D eigenvalue weighted by Crippen LogP contribution is 2.26. The van der Waals surface area contributed by atoms with Gasteiger partial charge >= 0.3 is 0 Å². The van der Waals surface area contributed by atoms with E-state index in [-0.39, 0.29) is 5.91 Å². The van der Waals surface area contributed by atoms with Crippen LogP contribution in [0.3, 0.4) is 0 Å². The average molecular weight is 450 g/mol. The molecule has 3 rings (SSSR count). The normalized spacial score (nSPS) is 15.8. The van der Waals surface area contributed by atoms with Crippen LogP contribution in [0, 0.1) is 13.8 Å². The van der Waals surface area contributed by atoms with Crippen molar-refractivity contribution in [3.8, 4) is 0 Å². The summed E-state index contributed by atoms with van der Waals surface area (Å²) in [7, 11) is -3.65. The molecule has 0 spiro atoms. The Morgan fingerprint density at radius 2 is 1.63 bits per heavy atom. The van der Waals surface area contributed by atoms with Crippen LogP contribution in [0.2, 0.25) is 5.02 Å². The van der Waals surface area contributed by atoms with Crippen LogP contribution < -0.4 is 9.21 Å².